The first kappa shape index (κ1) is 14.1. The van der Waals surface area contributed by atoms with Crippen LogP contribution in [0, 0.1) is 6.92 Å². The molecule has 4 rings (SSSR count). The van der Waals surface area contributed by atoms with Crippen LogP contribution in [0.5, 0.6) is 0 Å². The van der Waals surface area contributed by atoms with E-state index in [1.54, 1.807) is 0 Å². The van der Waals surface area contributed by atoms with Crippen molar-refractivity contribution in [3.05, 3.63) is 71.5 Å². The maximum Gasteiger partial charge on any atom is 0.287 e. The Morgan fingerprint density at radius 1 is 0.913 bits per heavy atom. The second-order valence-electron chi connectivity index (χ2n) is 6.91. The van der Waals surface area contributed by atoms with E-state index in [4.69, 9.17) is 4.98 Å². The molecule has 0 radical (unpaired) electrons. The lowest BCUT2D eigenvalue weighted by Crippen LogP contribution is -2.35. The fourth-order valence-corrected chi connectivity index (χ4v) is 3.88. The molecule has 0 atom stereocenters. The summed E-state index contributed by atoms with van der Waals surface area (Å²) in [6.45, 7) is 6.79. The van der Waals surface area contributed by atoms with Gasteiger partial charge in [0.15, 0.2) is 5.69 Å². The van der Waals surface area contributed by atoms with Crippen LogP contribution < -0.4 is 4.57 Å². The summed E-state index contributed by atoms with van der Waals surface area (Å²) >= 11 is 0. The normalized spacial score (nSPS) is 14.4. The van der Waals surface area contributed by atoms with E-state index in [-0.39, 0.29) is 5.41 Å². The fraction of sp³-hybridized carbons (Fsp3) is 0.238. The molecule has 1 heterocycles. The summed E-state index contributed by atoms with van der Waals surface area (Å²) in [5.74, 6) is 0. The molecule has 1 aromatic heterocycles. The molecule has 0 unspecified atom stereocenters. The van der Waals surface area contributed by atoms with Crippen LogP contribution in [0.4, 0.5) is 0 Å². The molecule has 2 aromatic carbocycles. The van der Waals surface area contributed by atoms with Gasteiger partial charge in [-0.15, -0.1) is 0 Å². The predicted octanol–water partition coefficient (Wildman–Crippen LogP) is 4.19. The van der Waals surface area contributed by atoms with Gasteiger partial charge < -0.3 is 0 Å². The molecule has 23 heavy (non-hydrogen) atoms. The molecular formula is C21H21N2+. The van der Waals surface area contributed by atoms with Gasteiger partial charge in [0.25, 0.3) is 6.33 Å². The van der Waals surface area contributed by atoms with Crippen LogP contribution in [-0.2, 0) is 12.5 Å². The number of hydrogen-bond acceptors (Lipinski definition) is 1. The lowest BCUT2D eigenvalue weighted by Gasteiger charge is -2.22. The molecule has 0 fully saturated rings. The molecule has 114 valence electrons. The van der Waals surface area contributed by atoms with Crippen molar-refractivity contribution >= 4 is 0 Å². The predicted molar refractivity (Wildman–Crippen MR) is 93.2 cm³/mol. The maximum absolute atomic E-state index is 4.77. The molecule has 0 aliphatic heterocycles. The van der Waals surface area contributed by atoms with E-state index in [0.717, 1.165) is 5.69 Å². The average Bonchev–Trinajstić information content (AvgIpc) is 2.77. The molecule has 0 saturated carbocycles. The van der Waals surface area contributed by atoms with Crippen LogP contribution in [0.1, 0.15) is 30.5 Å². The zero-order valence-electron chi connectivity index (χ0n) is 14.1. The Morgan fingerprint density at radius 2 is 1.57 bits per heavy atom. The Morgan fingerprint density at radius 3 is 2.30 bits per heavy atom. The molecule has 2 heteroatoms. The van der Waals surface area contributed by atoms with Crippen LogP contribution in [0.2, 0.25) is 0 Å². The average molecular weight is 301 g/mol. The number of fused-ring (bicyclic) bond motifs is 3. The molecule has 0 spiro atoms. The smallest absolute Gasteiger partial charge is 0.232 e. The van der Waals surface area contributed by atoms with Crippen molar-refractivity contribution < 1.29 is 4.57 Å². The van der Waals surface area contributed by atoms with Gasteiger partial charge in [-0.3, -0.25) is 0 Å². The van der Waals surface area contributed by atoms with E-state index in [9.17, 15) is 0 Å². The van der Waals surface area contributed by atoms with Crippen molar-refractivity contribution in [2.45, 2.75) is 26.2 Å². The van der Waals surface area contributed by atoms with Crippen LogP contribution >= 0.6 is 0 Å². The summed E-state index contributed by atoms with van der Waals surface area (Å²) in [6.07, 6.45) is 1.94. The van der Waals surface area contributed by atoms with E-state index in [1.165, 1.54) is 33.5 Å². The van der Waals surface area contributed by atoms with Gasteiger partial charge in [-0.25, -0.2) is 4.57 Å². The number of nitrogens with zero attached hydrogens (tertiary/aromatic N) is 2. The molecule has 2 nitrogen and oxygen atoms in total. The van der Waals surface area contributed by atoms with Crippen molar-refractivity contribution in [3.8, 4) is 22.5 Å². The van der Waals surface area contributed by atoms with Crippen LogP contribution in [-0.4, -0.2) is 4.98 Å². The zero-order valence-corrected chi connectivity index (χ0v) is 14.1. The number of rotatable bonds is 1. The topological polar surface area (TPSA) is 16.8 Å². The number of aryl methyl sites for hydroxylation is 2. The highest BCUT2D eigenvalue weighted by Crippen LogP contribution is 2.50. The summed E-state index contributed by atoms with van der Waals surface area (Å²) in [4.78, 5) is 4.77. The summed E-state index contributed by atoms with van der Waals surface area (Å²) in [5, 5.41) is 0. The number of benzene rings is 2. The van der Waals surface area contributed by atoms with E-state index in [0.29, 0.717) is 0 Å². The lowest BCUT2D eigenvalue weighted by atomic mass is 9.80. The van der Waals surface area contributed by atoms with Gasteiger partial charge in [0, 0.05) is 16.5 Å². The third-order valence-electron chi connectivity index (χ3n) is 5.07. The molecule has 1 aliphatic rings. The van der Waals surface area contributed by atoms with Crippen molar-refractivity contribution in [1.82, 2.24) is 4.98 Å². The molecule has 0 amide bonds. The molecule has 1 aliphatic carbocycles. The zero-order chi connectivity index (χ0) is 16.2. The SMILES string of the molecule is Cc1ccccc1-c1c2c(nc[n+]1C)-c1ccccc1C2(C)C. The van der Waals surface area contributed by atoms with Gasteiger partial charge in [-0.1, -0.05) is 62.4 Å². The molecular weight excluding hydrogens is 280 g/mol. The van der Waals surface area contributed by atoms with Crippen molar-refractivity contribution in [2.75, 3.05) is 0 Å². The van der Waals surface area contributed by atoms with Crippen molar-refractivity contribution in [2.24, 2.45) is 7.05 Å². The quantitative estimate of drug-likeness (QED) is 0.616. The summed E-state index contributed by atoms with van der Waals surface area (Å²) < 4.78 is 2.16. The first-order chi connectivity index (χ1) is 11.0. The van der Waals surface area contributed by atoms with Gasteiger partial charge in [0.1, 0.15) is 5.69 Å². The minimum Gasteiger partial charge on any atom is -0.232 e. The fourth-order valence-electron chi connectivity index (χ4n) is 3.88. The standard InChI is InChI=1S/C21H21N2/c1-14-9-5-6-10-15(14)20-18-19(22-13-23(20)4)16-11-7-8-12-17(16)21(18,2)3/h5-13H,1-4H3/q+1. The highest BCUT2D eigenvalue weighted by molar-refractivity contribution is 5.83. The first-order valence-electron chi connectivity index (χ1n) is 8.07. The third kappa shape index (κ3) is 1.88. The molecule has 0 bridgehead atoms. The highest BCUT2D eigenvalue weighted by atomic mass is 15.0. The second-order valence-corrected chi connectivity index (χ2v) is 6.91. The van der Waals surface area contributed by atoms with Gasteiger partial charge in [0.2, 0.25) is 0 Å². The summed E-state index contributed by atoms with van der Waals surface area (Å²) in [5.41, 5.74) is 8.90. The maximum atomic E-state index is 4.77. The number of aromatic nitrogens is 2. The Bertz CT molecular complexity index is 923. The third-order valence-corrected chi connectivity index (χ3v) is 5.07. The molecule has 3 aromatic rings. The van der Waals surface area contributed by atoms with Crippen LogP contribution in [0.15, 0.2) is 54.9 Å². The van der Waals surface area contributed by atoms with E-state index < -0.39 is 0 Å². The van der Waals surface area contributed by atoms with Gasteiger partial charge in [0.05, 0.1) is 12.6 Å². The lowest BCUT2D eigenvalue weighted by molar-refractivity contribution is -0.663. The van der Waals surface area contributed by atoms with Gasteiger partial charge >= 0.3 is 0 Å². The molecule has 0 saturated heterocycles. The highest BCUT2D eigenvalue weighted by Gasteiger charge is 2.43. The van der Waals surface area contributed by atoms with Crippen LogP contribution in [0.3, 0.4) is 0 Å². The summed E-state index contributed by atoms with van der Waals surface area (Å²) in [7, 11) is 2.09. The minimum atomic E-state index is -0.0461. The van der Waals surface area contributed by atoms with E-state index >= 15 is 0 Å². The van der Waals surface area contributed by atoms with E-state index in [2.05, 4.69) is 80.9 Å². The Kier molecular flexibility index (Phi) is 2.92. The monoisotopic (exact) mass is 301 g/mol. The van der Waals surface area contributed by atoms with Crippen molar-refractivity contribution in [3.63, 3.8) is 0 Å². The number of hydrogen-bond donors (Lipinski definition) is 0. The Labute approximate surface area is 137 Å². The van der Waals surface area contributed by atoms with Gasteiger partial charge in [-0.2, -0.15) is 0 Å². The van der Waals surface area contributed by atoms with Crippen molar-refractivity contribution in [1.29, 1.82) is 0 Å². The van der Waals surface area contributed by atoms with E-state index in [1.807, 2.05) is 6.33 Å². The van der Waals surface area contributed by atoms with Gasteiger partial charge in [-0.05, 0) is 23.0 Å². The second kappa shape index (κ2) is 4.76. The minimum absolute atomic E-state index is 0.0461. The molecule has 0 N–H and O–H groups in total. The summed E-state index contributed by atoms with van der Waals surface area (Å²) in [6, 6.07) is 17.3. The first-order valence-corrected chi connectivity index (χ1v) is 8.07. The Balaban J connectivity index is 2.12. The Hall–Kier alpha value is -2.48. The van der Waals surface area contributed by atoms with Crippen LogP contribution in [0.25, 0.3) is 22.5 Å². The largest absolute Gasteiger partial charge is 0.287 e.